The van der Waals surface area contributed by atoms with Crippen LogP contribution in [0.15, 0.2) is 48.5 Å². The Morgan fingerprint density at radius 1 is 1.22 bits per heavy atom. The number of hydrogen-bond donors (Lipinski definition) is 1. The number of benzene rings is 2. The number of amides is 3. The number of para-hydroxylation sites is 1. The van der Waals surface area contributed by atoms with Gasteiger partial charge in [0.15, 0.2) is 5.54 Å². The topological polar surface area (TPSA) is 84.9 Å². The second kappa shape index (κ2) is 6.42. The Balaban J connectivity index is 1.65. The van der Waals surface area contributed by atoms with Crippen LogP contribution in [0, 0.1) is 0 Å². The largest absolute Gasteiger partial charge is 0.493 e. The lowest BCUT2D eigenvalue weighted by Gasteiger charge is -2.33. The highest BCUT2D eigenvalue weighted by molar-refractivity contribution is 6.08. The standard InChI is InChI=1S/C20H18N2O5/c1-26-17(23)14-6-4-5-13(11-14)12-22-18(24)20(21-19(22)25)9-10-27-16-8-3-2-7-15(16)20/h2-8,11H,9-10,12H2,1H3,(H,21,25)/t20-/m0/s1. The van der Waals surface area contributed by atoms with E-state index in [4.69, 9.17) is 9.47 Å². The van der Waals surface area contributed by atoms with Crippen molar-refractivity contribution in [3.05, 3.63) is 65.2 Å². The van der Waals surface area contributed by atoms with Crippen LogP contribution in [0.4, 0.5) is 4.79 Å². The number of hydrogen-bond acceptors (Lipinski definition) is 5. The molecule has 2 aliphatic rings. The number of ether oxygens (including phenoxy) is 2. The van der Waals surface area contributed by atoms with E-state index >= 15 is 0 Å². The molecule has 4 rings (SSSR count). The van der Waals surface area contributed by atoms with Crippen LogP contribution in [0.3, 0.4) is 0 Å². The molecule has 2 heterocycles. The van der Waals surface area contributed by atoms with E-state index in [1.807, 2.05) is 12.1 Å². The van der Waals surface area contributed by atoms with E-state index in [0.717, 1.165) is 0 Å². The van der Waals surface area contributed by atoms with Crippen molar-refractivity contribution >= 4 is 17.9 Å². The normalized spacial score (nSPS) is 20.9. The molecule has 7 heteroatoms. The van der Waals surface area contributed by atoms with Crippen LogP contribution < -0.4 is 10.1 Å². The summed E-state index contributed by atoms with van der Waals surface area (Å²) in [7, 11) is 1.30. The number of carbonyl (C=O) groups is 3. The molecule has 0 aromatic heterocycles. The van der Waals surface area contributed by atoms with Gasteiger partial charge in [0, 0.05) is 12.0 Å². The summed E-state index contributed by atoms with van der Waals surface area (Å²) in [6, 6.07) is 13.5. The number of methoxy groups -OCH3 is 1. The number of imide groups is 1. The highest BCUT2D eigenvalue weighted by Crippen LogP contribution is 2.41. The first kappa shape index (κ1) is 17.1. The van der Waals surface area contributed by atoms with Crippen LogP contribution in [0.25, 0.3) is 0 Å². The molecular formula is C20H18N2O5. The molecular weight excluding hydrogens is 348 g/mol. The van der Waals surface area contributed by atoms with E-state index in [-0.39, 0.29) is 12.5 Å². The van der Waals surface area contributed by atoms with Gasteiger partial charge in [-0.2, -0.15) is 0 Å². The fourth-order valence-corrected chi connectivity index (χ4v) is 3.61. The van der Waals surface area contributed by atoms with Crippen molar-refractivity contribution in [1.82, 2.24) is 10.2 Å². The minimum Gasteiger partial charge on any atom is -0.493 e. The van der Waals surface area contributed by atoms with Crippen LogP contribution >= 0.6 is 0 Å². The van der Waals surface area contributed by atoms with Crippen LogP contribution in [-0.2, 0) is 21.6 Å². The van der Waals surface area contributed by atoms with Gasteiger partial charge in [-0.05, 0) is 23.8 Å². The smallest absolute Gasteiger partial charge is 0.337 e. The van der Waals surface area contributed by atoms with Crippen LogP contribution in [0.1, 0.15) is 27.9 Å². The van der Waals surface area contributed by atoms with Crippen molar-refractivity contribution in [2.24, 2.45) is 0 Å². The molecule has 27 heavy (non-hydrogen) atoms. The molecule has 3 amide bonds. The first-order chi connectivity index (χ1) is 13.0. The zero-order valence-electron chi connectivity index (χ0n) is 14.7. The Labute approximate surface area is 155 Å². The van der Waals surface area contributed by atoms with Crippen LogP contribution in [-0.4, -0.2) is 36.5 Å². The molecule has 7 nitrogen and oxygen atoms in total. The lowest BCUT2D eigenvalue weighted by atomic mass is 9.84. The first-order valence-corrected chi connectivity index (χ1v) is 8.59. The van der Waals surface area contributed by atoms with E-state index < -0.39 is 17.5 Å². The fourth-order valence-electron chi connectivity index (χ4n) is 3.61. The summed E-state index contributed by atoms with van der Waals surface area (Å²) in [5.41, 5.74) is 0.596. The van der Waals surface area contributed by atoms with Crippen LogP contribution in [0.5, 0.6) is 5.75 Å². The molecule has 1 spiro atoms. The molecule has 0 bridgehead atoms. The van der Waals surface area contributed by atoms with E-state index in [0.29, 0.717) is 35.5 Å². The first-order valence-electron chi connectivity index (χ1n) is 8.59. The van der Waals surface area contributed by atoms with Gasteiger partial charge >= 0.3 is 12.0 Å². The highest BCUT2D eigenvalue weighted by Gasteiger charge is 2.54. The molecule has 0 radical (unpaired) electrons. The Kier molecular flexibility index (Phi) is 4.07. The molecule has 1 N–H and O–H groups in total. The number of nitrogens with one attached hydrogen (secondary N) is 1. The number of esters is 1. The summed E-state index contributed by atoms with van der Waals surface area (Å²) in [5.74, 6) is -0.178. The molecule has 1 fully saturated rings. The van der Waals surface area contributed by atoms with Gasteiger partial charge in [-0.25, -0.2) is 9.59 Å². The molecule has 138 valence electrons. The van der Waals surface area contributed by atoms with Gasteiger partial charge in [0.25, 0.3) is 5.91 Å². The summed E-state index contributed by atoms with van der Waals surface area (Å²) in [6.07, 6.45) is 0.368. The lowest BCUT2D eigenvalue weighted by molar-refractivity contribution is -0.133. The predicted octanol–water partition coefficient (Wildman–Crippen LogP) is 2.20. The Morgan fingerprint density at radius 3 is 2.85 bits per heavy atom. The molecule has 2 aromatic rings. The van der Waals surface area contributed by atoms with E-state index in [9.17, 15) is 14.4 Å². The molecule has 0 saturated carbocycles. The quantitative estimate of drug-likeness (QED) is 0.665. The Morgan fingerprint density at radius 2 is 2.04 bits per heavy atom. The second-order valence-electron chi connectivity index (χ2n) is 6.51. The Bertz CT molecular complexity index is 941. The summed E-state index contributed by atoms with van der Waals surface area (Å²) >= 11 is 0. The minimum atomic E-state index is -1.11. The molecule has 2 aromatic carbocycles. The van der Waals surface area contributed by atoms with E-state index in [1.165, 1.54) is 12.0 Å². The molecule has 1 atom stereocenters. The maximum Gasteiger partial charge on any atom is 0.337 e. The van der Waals surface area contributed by atoms with Crippen molar-refractivity contribution in [2.45, 2.75) is 18.5 Å². The Hall–Kier alpha value is -3.35. The predicted molar refractivity (Wildman–Crippen MR) is 95.1 cm³/mol. The van der Waals surface area contributed by atoms with Gasteiger partial charge < -0.3 is 14.8 Å². The van der Waals surface area contributed by atoms with E-state index in [2.05, 4.69) is 5.32 Å². The third kappa shape index (κ3) is 2.71. The number of urea groups is 1. The third-order valence-corrected chi connectivity index (χ3v) is 4.95. The number of nitrogens with zero attached hydrogens (tertiary/aromatic N) is 1. The van der Waals surface area contributed by atoms with Crippen molar-refractivity contribution < 1.29 is 23.9 Å². The van der Waals surface area contributed by atoms with Crippen molar-refractivity contribution in [3.63, 3.8) is 0 Å². The van der Waals surface area contributed by atoms with E-state index in [1.54, 1.807) is 36.4 Å². The van der Waals surface area contributed by atoms with Gasteiger partial charge in [0.05, 0.1) is 25.8 Å². The summed E-state index contributed by atoms with van der Waals surface area (Å²) in [6.45, 7) is 0.412. The van der Waals surface area contributed by atoms with Crippen LogP contribution in [0.2, 0.25) is 0 Å². The van der Waals surface area contributed by atoms with Crippen molar-refractivity contribution in [3.8, 4) is 5.75 Å². The third-order valence-electron chi connectivity index (χ3n) is 4.95. The number of carbonyl (C=O) groups excluding carboxylic acids is 3. The maximum absolute atomic E-state index is 13.2. The average molecular weight is 366 g/mol. The van der Waals surface area contributed by atoms with Gasteiger partial charge in [-0.1, -0.05) is 30.3 Å². The molecule has 2 aliphatic heterocycles. The second-order valence-corrected chi connectivity index (χ2v) is 6.51. The van der Waals surface area contributed by atoms with Crippen molar-refractivity contribution in [2.75, 3.05) is 13.7 Å². The van der Waals surface area contributed by atoms with Crippen molar-refractivity contribution in [1.29, 1.82) is 0 Å². The molecule has 0 unspecified atom stereocenters. The highest BCUT2D eigenvalue weighted by atomic mass is 16.5. The lowest BCUT2D eigenvalue weighted by Crippen LogP contribution is -2.47. The average Bonchev–Trinajstić information content (AvgIpc) is 2.93. The van der Waals surface area contributed by atoms with Gasteiger partial charge in [-0.15, -0.1) is 0 Å². The molecule has 1 saturated heterocycles. The monoisotopic (exact) mass is 366 g/mol. The fraction of sp³-hybridized carbons (Fsp3) is 0.250. The van der Waals surface area contributed by atoms with Gasteiger partial charge in [0.1, 0.15) is 5.75 Å². The summed E-state index contributed by atoms with van der Waals surface area (Å²) < 4.78 is 10.3. The maximum atomic E-state index is 13.2. The van der Waals surface area contributed by atoms with Gasteiger partial charge in [-0.3, -0.25) is 9.69 Å². The molecule has 0 aliphatic carbocycles. The number of fused-ring (bicyclic) bond motifs is 2. The zero-order valence-corrected chi connectivity index (χ0v) is 14.7. The minimum absolute atomic E-state index is 0.0697. The van der Waals surface area contributed by atoms with Gasteiger partial charge in [0.2, 0.25) is 0 Å². The summed E-state index contributed by atoms with van der Waals surface area (Å²) in [5, 5.41) is 2.86. The summed E-state index contributed by atoms with van der Waals surface area (Å²) in [4.78, 5) is 38.7. The zero-order chi connectivity index (χ0) is 19.0. The number of rotatable bonds is 3. The SMILES string of the molecule is COC(=O)c1cccc(CN2C(=O)N[C@]3(CCOc4ccccc43)C2=O)c1.